The second-order valence-electron chi connectivity index (χ2n) is 6.17. The number of halogens is 1. The van der Waals surface area contributed by atoms with Crippen LogP contribution in [-0.2, 0) is 4.74 Å². The van der Waals surface area contributed by atoms with Crippen molar-refractivity contribution < 1.29 is 32.9 Å². The summed E-state index contributed by atoms with van der Waals surface area (Å²) in [5, 5.41) is 0.665. The standard InChI is InChI=1S/C22H20FNO6/c1-5-30-22(26)16-11-24-20(14-10-19(29-4)18(28-3)9-13(14)16)21(25)15-8-12(27-2)6-7-17(15)23/h6-11H,5H2,1-4H3. The van der Waals surface area contributed by atoms with Gasteiger partial charge in [0.1, 0.15) is 17.3 Å². The molecule has 8 heteroatoms. The van der Waals surface area contributed by atoms with Gasteiger partial charge in [-0.3, -0.25) is 9.78 Å². The number of carbonyl (C=O) groups excluding carboxylic acids is 2. The van der Waals surface area contributed by atoms with Gasteiger partial charge in [0.2, 0.25) is 5.78 Å². The molecule has 0 amide bonds. The molecule has 0 radical (unpaired) electrons. The molecule has 2 aromatic carbocycles. The summed E-state index contributed by atoms with van der Waals surface area (Å²) >= 11 is 0. The summed E-state index contributed by atoms with van der Waals surface area (Å²) in [4.78, 5) is 29.7. The summed E-state index contributed by atoms with van der Waals surface area (Å²) in [5.74, 6) is -0.981. The highest BCUT2D eigenvalue weighted by molar-refractivity contribution is 6.18. The third-order valence-corrected chi connectivity index (χ3v) is 4.52. The van der Waals surface area contributed by atoms with E-state index in [1.807, 2.05) is 0 Å². The fourth-order valence-electron chi connectivity index (χ4n) is 3.05. The maximum absolute atomic E-state index is 14.4. The van der Waals surface area contributed by atoms with Crippen LogP contribution in [0.4, 0.5) is 4.39 Å². The molecule has 0 N–H and O–H groups in total. The summed E-state index contributed by atoms with van der Waals surface area (Å²) in [5.41, 5.74) is -0.108. The molecule has 0 saturated heterocycles. The van der Waals surface area contributed by atoms with E-state index in [0.717, 1.165) is 6.07 Å². The molecular weight excluding hydrogens is 393 g/mol. The number of hydrogen-bond acceptors (Lipinski definition) is 7. The van der Waals surface area contributed by atoms with Crippen LogP contribution in [0.3, 0.4) is 0 Å². The largest absolute Gasteiger partial charge is 0.497 e. The predicted octanol–water partition coefficient (Wildman–Crippen LogP) is 3.81. The van der Waals surface area contributed by atoms with E-state index in [1.165, 1.54) is 45.7 Å². The molecule has 1 aromatic heterocycles. The van der Waals surface area contributed by atoms with Gasteiger partial charge in [0.05, 0.1) is 39.1 Å². The van der Waals surface area contributed by atoms with E-state index < -0.39 is 17.6 Å². The number of carbonyl (C=O) groups is 2. The summed E-state index contributed by atoms with van der Waals surface area (Å²) in [6.07, 6.45) is 1.23. The lowest BCUT2D eigenvalue weighted by Gasteiger charge is -2.14. The quantitative estimate of drug-likeness (QED) is 0.430. The van der Waals surface area contributed by atoms with Gasteiger partial charge in [-0.2, -0.15) is 0 Å². The highest BCUT2D eigenvalue weighted by Gasteiger charge is 2.24. The number of nitrogens with zero attached hydrogens (tertiary/aromatic N) is 1. The van der Waals surface area contributed by atoms with E-state index in [9.17, 15) is 14.0 Å². The molecule has 0 aliphatic carbocycles. The number of pyridine rings is 1. The van der Waals surface area contributed by atoms with E-state index in [0.29, 0.717) is 28.0 Å². The van der Waals surface area contributed by atoms with Gasteiger partial charge in [-0.15, -0.1) is 0 Å². The van der Waals surface area contributed by atoms with Crippen molar-refractivity contribution in [3.05, 3.63) is 59.2 Å². The van der Waals surface area contributed by atoms with Crippen molar-refractivity contribution in [1.82, 2.24) is 4.98 Å². The monoisotopic (exact) mass is 413 g/mol. The predicted molar refractivity (Wildman–Crippen MR) is 107 cm³/mol. The first-order valence-electron chi connectivity index (χ1n) is 9.05. The number of ketones is 1. The maximum atomic E-state index is 14.4. The van der Waals surface area contributed by atoms with Crippen molar-refractivity contribution >= 4 is 22.5 Å². The number of rotatable bonds is 7. The van der Waals surface area contributed by atoms with E-state index >= 15 is 0 Å². The molecule has 0 atom stereocenters. The van der Waals surface area contributed by atoms with E-state index in [-0.39, 0.29) is 23.4 Å². The number of ether oxygens (including phenoxy) is 4. The van der Waals surface area contributed by atoms with Crippen molar-refractivity contribution in [3.63, 3.8) is 0 Å². The second kappa shape index (κ2) is 8.77. The SMILES string of the molecule is CCOC(=O)c1cnc(C(=O)c2cc(OC)ccc2F)c2cc(OC)c(OC)cc12. The van der Waals surface area contributed by atoms with Gasteiger partial charge in [0, 0.05) is 17.0 Å². The van der Waals surface area contributed by atoms with Crippen molar-refractivity contribution in [1.29, 1.82) is 0 Å². The van der Waals surface area contributed by atoms with Crippen LogP contribution in [0.25, 0.3) is 10.8 Å². The fourth-order valence-corrected chi connectivity index (χ4v) is 3.05. The number of esters is 1. The highest BCUT2D eigenvalue weighted by atomic mass is 19.1. The van der Waals surface area contributed by atoms with Crippen LogP contribution in [0.2, 0.25) is 0 Å². The molecule has 0 spiro atoms. The molecule has 0 bridgehead atoms. The van der Waals surface area contributed by atoms with Crippen LogP contribution < -0.4 is 14.2 Å². The lowest BCUT2D eigenvalue weighted by Crippen LogP contribution is -2.12. The Balaban J connectivity index is 2.29. The number of hydrogen-bond donors (Lipinski definition) is 0. The molecule has 0 saturated carbocycles. The maximum Gasteiger partial charge on any atom is 0.340 e. The minimum absolute atomic E-state index is 0.0499. The summed E-state index contributed by atoms with van der Waals surface area (Å²) in [6, 6.07) is 6.93. The molecule has 0 fully saturated rings. The third-order valence-electron chi connectivity index (χ3n) is 4.52. The Morgan fingerprint density at radius 2 is 1.60 bits per heavy atom. The molecule has 0 aliphatic heterocycles. The summed E-state index contributed by atoms with van der Waals surface area (Å²) in [6.45, 7) is 1.85. The number of fused-ring (bicyclic) bond motifs is 1. The molecule has 156 valence electrons. The van der Waals surface area contributed by atoms with E-state index in [2.05, 4.69) is 4.98 Å². The minimum atomic E-state index is -0.717. The Morgan fingerprint density at radius 3 is 2.20 bits per heavy atom. The van der Waals surface area contributed by atoms with Crippen molar-refractivity contribution in [2.75, 3.05) is 27.9 Å². The van der Waals surface area contributed by atoms with Gasteiger partial charge in [-0.05, 0) is 37.3 Å². The molecule has 3 aromatic rings. The van der Waals surface area contributed by atoms with Crippen LogP contribution in [0, 0.1) is 5.82 Å². The lowest BCUT2D eigenvalue weighted by atomic mass is 9.98. The molecule has 3 rings (SSSR count). The van der Waals surface area contributed by atoms with Crippen LogP contribution in [0.5, 0.6) is 17.2 Å². The Kier molecular flexibility index (Phi) is 6.15. The Hall–Kier alpha value is -3.68. The summed E-state index contributed by atoms with van der Waals surface area (Å²) in [7, 11) is 4.31. The smallest absolute Gasteiger partial charge is 0.340 e. The zero-order chi connectivity index (χ0) is 21.8. The lowest BCUT2D eigenvalue weighted by molar-refractivity contribution is 0.0528. The minimum Gasteiger partial charge on any atom is -0.497 e. The molecular formula is C22H20FNO6. The first-order chi connectivity index (χ1) is 14.4. The average molecular weight is 413 g/mol. The van der Waals surface area contributed by atoms with Crippen LogP contribution >= 0.6 is 0 Å². The third kappa shape index (κ3) is 3.76. The number of methoxy groups -OCH3 is 3. The van der Waals surface area contributed by atoms with Gasteiger partial charge in [-0.1, -0.05) is 0 Å². The van der Waals surface area contributed by atoms with Crippen LogP contribution in [0.1, 0.15) is 33.3 Å². The van der Waals surface area contributed by atoms with Gasteiger partial charge >= 0.3 is 5.97 Å². The van der Waals surface area contributed by atoms with Crippen LogP contribution in [-0.4, -0.2) is 44.7 Å². The first-order valence-corrected chi connectivity index (χ1v) is 9.05. The van der Waals surface area contributed by atoms with Gasteiger partial charge in [0.15, 0.2) is 11.5 Å². The van der Waals surface area contributed by atoms with Crippen molar-refractivity contribution in [2.24, 2.45) is 0 Å². The number of aromatic nitrogens is 1. The summed E-state index contributed by atoms with van der Waals surface area (Å²) < 4.78 is 35.2. The van der Waals surface area contributed by atoms with E-state index in [1.54, 1.807) is 13.0 Å². The zero-order valence-electron chi connectivity index (χ0n) is 16.9. The first kappa shape index (κ1) is 21.0. The van der Waals surface area contributed by atoms with Gasteiger partial charge in [0.25, 0.3) is 0 Å². The number of benzene rings is 2. The Morgan fingerprint density at radius 1 is 0.933 bits per heavy atom. The fraction of sp³-hybridized carbons (Fsp3) is 0.227. The molecule has 0 unspecified atom stereocenters. The second-order valence-corrected chi connectivity index (χ2v) is 6.17. The average Bonchev–Trinajstić information content (AvgIpc) is 2.77. The Labute approximate surface area is 172 Å². The van der Waals surface area contributed by atoms with Crippen molar-refractivity contribution in [3.8, 4) is 17.2 Å². The van der Waals surface area contributed by atoms with Gasteiger partial charge < -0.3 is 18.9 Å². The van der Waals surface area contributed by atoms with Gasteiger partial charge in [-0.25, -0.2) is 9.18 Å². The molecule has 7 nitrogen and oxygen atoms in total. The Bertz CT molecular complexity index is 1130. The van der Waals surface area contributed by atoms with Crippen molar-refractivity contribution in [2.45, 2.75) is 6.92 Å². The molecule has 30 heavy (non-hydrogen) atoms. The normalized spacial score (nSPS) is 10.6. The van der Waals surface area contributed by atoms with E-state index in [4.69, 9.17) is 18.9 Å². The highest BCUT2D eigenvalue weighted by Crippen LogP contribution is 2.36. The van der Waals surface area contributed by atoms with Crippen LogP contribution in [0.15, 0.2) is 36.5 Å². The molecule has 1 heterocycles. The zero-order valence-corrected chi connectivity index (χ0v) is 16.9. The molecule has 0 aliphatic rings. The topological polar surface area (TPSA) is 84.0 Å².